The number of pyridine rings is 1. The quantitative estimate of drug-likeness (QED) is 0.510. The van der Waals surface area contributed by atoms with Crippen molar-refractivity contribution in [3.05, 3.63) is 95.8 Å². The van der Waals surface area contributed by atoms with Gasteiger partial charge in [0.15, 0.2) is 11.5 Å². The fraction of sp³-hybridized carbons (Fsp3) is 0.200. The molecule has 154 valence electrons. The second kappa shape index (κ2) is 10.3. The average molecular weight is 402 g/mol. The van der Waals surface area contributed by atoms with Gasteiger partial charge in [0.25, 0.3) is 0 Å². The zero-order valence-corrected chi connectivity index (χ0v) is 17.5. The number of likely N-dealkylation sites (N-methyl/N-ethyl adjacent to an activating group) is 1. The highest BCUT2D eigenvalue weighted by molar-refractivity contribution is 5.92. The molecule has 5 nitrogen and oxygen atoms in total. The van der Waals surface area contributed by atoms with E-state index in [0.717, 1.165) is 16.8 Å². The summed E-state index contributed by atoms with van der Waals surface area (Å²) in [6, 6.07) is 20.9. The molecule has 0 N–H and O–H groups in total. The molecule has 1 aromatic heterocycles. The molecule has 5 heteroatoms. The van der Waals surface area contributed by atoms with E-state index in [1.807, 2.05) is 73.7 Å². The normalized spacial score (nSPS) is 11.8. The van der Waals surface area contributed by atoms with Crippen molar-refractivity contribution >= 4 is 12.0 Å². The predicted octanol–water partition coefficient (Wildman–Crippen LogP) is 4.75. The molecule has 1 atom stereocenters. The van der Waals surface area contributed by atoms with Crippen molar-refractivity contribution in [1.82, 2.24) is 9.88 Å². The topological polar surface area (TPSA) is 51.7 Å². The first kappa shape index (κ1) is 21.1. The Morgan fingerprint density at radius 1 is 1.07 bits per heavy atom. The molecule has 1 unspecified atom stereocenters. The zero-order chi connectivity index (χ0) is 21.3. The predicted molar refractivity (Wildman–Crippen MR) is 118 cm³/mol. The van der Waals surface area contributed by atoms with Gasteiger partial charge in [0.1, 0.15) is 0 Å². The Kier molecular flexibility index (Phi) is 7.22. The highest BCUT2D eigenvalue weighted by Gasteiger charge is 2.23. The standard InChI is InChI=1S/C25H26N2O3/c1-4-30-22-15-13-19(18-23(22)29-3)14-16-24(28)27(2)25(20-10-6-5-7-11-20)21-12-8-9-17-26-21/h5-18,25H,4H2,1-3H3. The van der Waals surface area contributed by atoms with Crippen molar-refractivity contribution in [2.24, 2.45) is 0 Å². The third kappa shape index (κ3) is 5.06. The zero-order valence-electron chi connectivity index (χ0n) is 17.5. The van der Waals surface area contributed by atoms with Gasteiger partial charge in [-0.15, -0.1) is 0 Å². The maximum atomic E-state index is 13.0. The molecule has 0 fully saturated rings. The number of benzene rings is 2. The van der Waals surface area contributed by atoms with Crippen LogP contribution in [0, 0.1) is 0 Å². The molecule has 0 aliphatic heterocycles. The first-order valence-corrected chi connectivity index (χ1v) is 9.85. The summed E-state index contributed by atoms with van der Waals surface area (Å²) in [6.07, 6.45) is 5.08. The molecule has 30 heavy (non-hydrogen) atoms. The van der Waals surface area contributed by atoms with Crippen LogP contribution in [0.15, 0.2) is 79.0 Å². The van der Waals surface area contributed by atoms with Crippen LogP contribution in [-0.4, -0.2) is 36.6 Å². The summed E-state index contributed by atoms with van der Waals surface area (Å²) in [7, 11) is 3.39. The molecule has 1 amide bonds. The first-order valence-electron chi connectivity index (χ1n) is 9.85. The van der Waals surface area contributed by atoms with Crippen molar-refractivity contribution < 1.29 is 14.3 Å². The molecular formula is C25H26N2O3. The maximum absolute atomic E-state index is 13.0. The molecular weight excluding hydrogens is 376 g/mol. The largest absolute Gasteiger partial charge is 0.493 e. The third-order valence-electron chi connectivity index (χ3n) is 4.72. The van der Waals surface area contributed by atoms with Gasteiger partial charge in [-0.3, -0.25) is 9.78 Å². The number of ether oxygens (including phenoxy) is 2. The Labute approximate surface area is 177 Å². The Hall–Kier alpha value is -3.60. The summed E-state index contributed by atoms with van der Waals surface area (Å²) < 4.78 is 10.9. The summed E-state index contributed by atoms with van der Waals surface area (Å²) in [5.74, 6) is 1.19. The lowest BCUT2D eigenvalue weighted by atomic mass is 10.0. The molecule has 0 spiro atoms. The Morgan fingerprint density at radius 3 is 2.50 bits per heavy atom. The molecule has 0 aliphatic rings. The van der Waals surface area contributed by atoms with E-state index in [-0.39, 0.29) is 11.9 Å². The Bertz CT molecular complexity index is 948. The number of aromatic nitrogens is 1. The molecule has 3 aromatic rings. The van der Waals surface area contributed by atoms with Gasteiger partial charge in [0.2, 0.25) is 5.91 Å². The number of carbonyl (C=O) groups is 1. The molecule has 0 saturated heterocycles. The summed E-state index contributed by atoms with van der Waals surface area (Å²) in [4.78, 5) is 19.2. The van der Waals surface area contributed by atoms with E-state index in [1.54, 1.807) is 37.4 Å². The summed E-state index contributed by atoms with van der Waals surface area (Å²) in [5, 5.41) is 0. The molecule has 0 saturated carbocycles. The molecule has 2 aromatic carbocycles. The summed E-state index contributed by atoms with van der Waals surface area (Å²) >= 11 is 0. The van der Waals surface area contributed by atoms with E-state index in [9.17, 15) is 4.79 Å². The van der Waals surface area contributed by atoms with Crippen LogP contribution in [-0.2, 0) is 4.79 Å². The number of hydrogen-bond acceptors (Lipinski definition) is 4. The van der Waals surface area contributed by atoms with E-state index in [4.69, 9.17) is 9.47 Å². The van der Waals surface area contributed by atoms with E-state index >= 15 is 0 Å². The van der Waals surface area contributed by atoms with Crippen molar-refractivity contribution in [3.63, 3.8) is 0 Å². The minimum Gasteiger partial charge on any atom is -0.493 e. The van der Waals surface area contributed by atoms with Crippen molar-refractivity contribution in [1.29, 1.82) is 0 Å². The number of amides is 1. The highest BCUT2D eigenvalue weighted by Crippen LogP contribution is 2.29. The molecule has 3 rings (SSSR count). The van der Waals surface area contributed by atoms with Gasteiger partial charge < -0.3 is 14.4 Å². The first-order chi connectivity index (χ1) is 14.6. The number of carbonyl (C=O) groups excluding carboxylic acids is 1. The van der Waals surface area contributed by atoms with E-state index < -0.39 is 0 Å². The van der Waals surface area contributed by atoms with Crippen molar-refractivity contribution in [2.75, 3.05) is 20.8 Å². The Balaban J connectivity index is 1.84. The minimum absolute atomic E-state index is 0.123. The molecule has 1 heterocycles. The molecule has 0 radical (unpaired) electrons. The second-order valence-corrected chi connectivity index (χ2v) is 6.69. The molecule has 0 bridgehead atoms. The van der Waals surface area contributed by atoms with Crippen LogP contribution in [0.3, 0.4) is 0 Å². The lowest BCUT2D eigenvalue weighted by molar-refractivity contribution is -0.126. The van der Waals surface area contributed by atoms with Gasteiger partial charge in [0, 0.05) is 19.3 Å². The maximum Gasteiger partial charge on any atom is 0.247 e. The lowest BCUT2D eigenvalue weighted by Gasteiger charge is -2.27. The number of methoxy groups -OCH3 is 1. The Morgan fingerprint density at radius 2 is 1.83 bits per heavy atom. The fourth-order valence-electron chi connectivity index (χ4n) is 3.24. The van der Waals surface area contributed by atoms with Gasteiger partial charge in [-0.05, 0) is 48.4 Å². The van der Waals surface area contributed by atoms with Gasteiger partial charge >= 0.3 is 0 Å². The van der Waals surface area contributed by atoms with Gasteiger partial charge in [0.05, 0.1) is 25.5 Å². The number of rotatable bonds is 8. The van der Waals surface area contributed by atoms with E-state index in [2.05, 4.69) is 4.98 Å². The van der Waals surface area contributed by atoms with Crippen molar-refractivity contribution in [2.45, 2.75) is 13.0 Å². The minimum atomic E-state index is -0.278. The van der Waals surface area contributed by atoms with Gasteiger partial charge in [-0.25, -0.2) is 0 Å². The van der Waals surface area contributed by atoms with E-state index in [1.165, 1.54) is 0 Å². The van der Waals surface area contributed by atoms with Crippen LogP contribution >= 0.6 is 0 Å². The van der Waals surface area contributed by atoms with E-state index in [0.29, 0.717) is 18.1 Å². The van der Waals surface area contributed by atoms with Crippen LogP contribution in [0.25, 0.3) is 6.08 Å². The van der Waals surface area contributed by atoms with Crippen LogP contribution in [0.2, 0.25) is 0 Å². The lowest BCUT2D eigenvalue weighted by Crippen LogP contribution is -2.31. The van der Waals surface area contributed by atoms with Crippen LogP contribution in [0.5, 0.6) is 11.5 Å². The van der Waals surface area contributed by atoms with Crippen LogP contribution in [0.1, 0.15) is 29.8 Å². The SMILES string of the molecule is CCOc1ccc(C=CC(=O)N(C)C(c2ccccc2)c2ccccn2)cc1OC. The highest BCUT2D eigenvalue weighted by atomic mass is 16.5. The summed E-state index contributed by atoms with van der Waals surface area (Å²) in [5.41, 5.74) is 2.67. The number of hydrogen-bond donors (Lipinski definition) is 0. The third-order valence-corrected chi connectivity index (χ3v) is 4.72. The molecule has 0 aliphatic carbocycles. The van der Waals surface area contributed by atoms with Crippen LogP contribution in [0.4, 0.5) is 0 Å². The monoisotopic (exact) mass is 402 g/mol. The summed E-state index contributed by atoms with van der Waals surface area (Å²) in [6.45, 7) is 2.48. The van der Waals surface area contributed by atoms with Gasteiger partial charge in [-0.1, -0.05) is 42.5 Å². The average Bonchev–Trinajstić information content (AvgIpc) is 2.80. The van der Waals surface area contributed by atoms with Crippen LogP contribution < -0.4 is 9.47 Å². The van der Waals surface area contributed by atoms with Crippen molar-refractivity contribution in [3.8, 4) is 11.5 Å². The smallest absolute Gasteiger partial charge is 0.247 e. The second-order valence-electron chi connectivity index (χ2n) is 6.69. The van der Waals surface area contributed by atoms with Gasteiger partial charge in [-0.2, -0.15) is 0 Å². The number of nitrogens with zero attached hydrogens (tertiary/aromatic N) is 2. The fourth-order valence-corrected chi connectivity index (χ4v) is 3.24.